The van der Waals surface area contributed by atoms with Crippen molar-refractivity contribution in [1.82, 2.24) is 4.90 Å². The zero-order chi connectivity index (χ0) is 26.3. The molecule has 2 heterocycles. The largest absolute Gasteiger partial charge is 0.492 e. The zero-order valence-corrected chi connectivity index (χ0v) is 22.6. The molecule has 2 aromatic rings. The van der Waals surface area contributed by atoms with Gasteiger partial charge < -0.3 is 23.8 Å². The number of likely N-dealkylation sites (tertiary alicyclic amines) is 1. The number of anilines is 1. The van der Waals surface area contributed by atoms with Crippen LogP contribution in [0.1, 0.15) is 61.0 Å². The summed E-state index contributed by atoms with van der Waals surface area (Å²) in [5.41, 5.74) is 2.15. The fraction of sp³-hybridized carbons (Fsp3) is 0.500. The van der Waals surface area contributed by atoms with Gasteiger partial charge >= 0.3 is 12.1 Å². The van der Waals surface area contributed by atoms with Crippen LogP contribution >= 0.6 is 0 Å². The number of hydrogen-bond donors (Lipinski definition) is 1. The molecule has 1 N–H and O–H groups in total. The first-order valence-corrected chi connectivity index (χ1v) is 13.9. The second-order valence-electron chi connectivity index (χ2n) is 11.1. The van der Waals surface area contributed by atoms with Crippen LogP contribution in [0.2, 0.25) is 0 Å². The van der Waals surface area contributed by atoms with Crippen molar-refractivity contribution in [1.29, 1.82) is 0 Å². The Labute approximate surface area is 220 Å². The Hall–Kier alpha value is -3.07. The van der Waals surface area contributed by atoms with Gasteiger partial charge in [0.05, 0.1) is 24.3 Å². The molecule has 1 amide bonds. The van der Waals surface area contributed by atoms with Crippen molar-refractivity contribution in [3.63, 3.8) is 0 Å². The number of carbonyl (C=O) groups excluding carboxylic acids is 2. The maximum Gasteiger partial charge on any atom is 0.410 e. The van der Waals surface area contributed by atoms with E-state index in [0.29, 0.717) is 59.8 Å². The van der Waals surface area contributed by atoms with Crippen LogP contribution < -0.4 is 9.46 Å². The normalized spacial score (nSPS) is 22.8. The number of methoxy groups -OCH3 is 1. The molecule has 198 valence electrons. The Balaban J connectivity index is 1.32. The lowest BCUT2D eigenvalue weighted by molar-refractivity contribution is 0.0288. The molecule has 5 rings (SSSR count). The summed E-state index contributed by atoms with van der Waals surface area (Å²) in [7, 11) is -0.287. The van der Waals surface area contributed by atoms with Crippen molar-refractivity contribution >= 4 is 28.7 Å². The number of amides is 1. The van der Waals surface area contributed by atoms with Crippen LogP contribution in [-0.2, 0) is 26.9 Å². The fourth-order valence-electron chi connectivity index (χ4n) is 5.25. The minimum atomic E-state index is -1.62. The van der Waals surface area contributed by atoms with Crippen molar-refractivity contribution in [2.45, 2.75) is 56.4 Å². The van der Waals surface area contributed by atoms with E-state index >= 15 is 0 Å². The van der Waals surface area contributed by atoms with Crippen molar-refractivity contribution in [2.75, 3.05) is 31.5 Å². The highest BCUT2D eigenvalue weighted by Gasteiger charge is 2.45. The molecule has 1 saturated heterocycles. The number of rotatable bonds is 6. The van der Waals surface area contributed by atoms with Crippen LogP contribution in [0, 0.1) is 11.8 Å². The first-order valence-electron chi connectivity index (χ1n) is 12.8. The molecular weight excluding hydrogens is 492 g/mol. The Morgan fingerprint density at radius 1 is 1.19 bits per heavy atom. The van der Waals surface area contributed by atoms with E-state index in [1.54, 1.807) is 11.0 Å². The predicted octanol–water partition coefficient (Wildman–Crippen LogP) is 4.90. The first kappa shape index (κ1) is 25.6. The van der Waals surface area contributed by atoms with Crippen molar-refractivity contribution < 1.29 is 28.0 Å². The second-order valence-corrected chi connectivity index (χ2v) is 12.3. The van der Waals surface area contributed by atoms with Crippen LogP contribution in [0.4, 0.5) is 10.5 Å². The van der Waals surface area contributed by atoms with Gasteiger partial charge in [-0.3, -0.25) is 0 Å². The molecule has 9 heteroatoms. The molecule has 2 aliphatic heterocycles. The third-order valence-corrected chi connectivity index (χ3v) is 8.37. The summed E-state index contributed by atoms with van der Waals surface area (Å²) in [5, 5.41) is 0. The predicted molar refractivity (Wildman–Crippen MR) is 140 cm³/mol. The smallest absolute Gasteiger partial charge is 0.410 e. The number of esters is 1. The third kappa shape index (κ3) is 5.46. The minimum Gasteiger partial charge on any atom is -0.492 e. The molecular formula is C28H34N2O6S. The van der Waals surface area contributed by atoms with Gasteiger partial charge in [0.1, 0.15) is 16.9 Å². The fourth-order valence-corrected chi connectivity index (χ4v) is 6.32. The second kappa shape index (κ2) is 10.0. The average Bonchev–Trinajstić information content (AvgIpc) is 3.51. The molecule has 1 saturated carbocycles. The molecule has 3 aliphatic rings. The summed E-state index contributed by atoms with van der Waals surface area (Å²) in [6.07, 6.45) is 2.30. The van der Waals surface area contributed by atoms with Gasteiger partial charge in [0, 0.05) is 19.0 Å². The van der Waals surface area contributed by atoms with Crippen LogP contribution in [-0.4, -0.2) is 53.6 Å². The number of ether oxygens (including phenoxy) is 3. The van der Waals surface area contributed by atoms with E-state index in [1.165, 1.54) is 7.11 Å². The van der Waals surface area contributed by atoms with E-state index in [4.69, 9.17) is 14.2 Å². The van der Waals surface area contributed by atoms with Gasteiger partial charge in [-0.2, -0.15) is 0 Å². The maximum atomic E-state index is 13.6. The summed E-state index contributed by atoms with van der Waals surface area (Å²) in [6, 6.07) is 11.3. The highest BCUT2D eigenvalue weighted by molar-refractivity contribution is 7.86. The van der Waals surface area contributed by atoms with E-state index in [0.717, 1.165) is 24.0 Å². The molecule has 8 nitrogen and oxygen atoms in total. The molecule has 37 heavy (non-hydrogen) atoms. The molecule has 1 aliphatic carbocycles. The number of nitrogens with one attached hydrogen (secondary N) is 1. The van der Waals surface area contributed by atoms with E-state index in [9.17, 15) is 13.8 Å². The van der Waals surface area contributed by atoms with Gasteiger partial charge in [-0.05, 0) is 75.1 Å². The summed E-state index contributed by atoms with van der Waals surface area (Å²) in [5.74, 6) is 1.18. The van der Waals surface area contributed by atoms with E-state index < -0.39 is 22.6 Å². The summed E-state index contributed by atoms with van der Waals surface area (Å²) < 4.78 is 33.1. The van der Waals surface area contributed by atoms with Gasteiger partial charge in [-0.15, -0.1) is 0 Å². The van der Waals surface area contributed by atoms with Gasteiger partial charge in [0.25, 0.3) is 0 Å². The van der Waals surface area contributed by atoms with Crippen LogP contribution in [0.3, 0.4) is 0 Å². The Kier molecular flexibility index (Phi) is 6.91. The molecule has 0 bridgehead atoms. The number of carbonyl (C=O) groups is 2. The highest BCUT2D eigenvalue weighted by atomic mass is 32.2. The number of nitrogens with zero attached hydrogens (tertiary/aromatic N) is 1. The lowest BCUT2D eigenvalue weighted by Gasteiger charge is -2.24. The lowest BCUT2D eigenvalue weighted by Crippen LogP contribution is -2.35. The van der Waals surface area contributed by atoms with Gasteiger partial charge in [-0.1, -0.05) is 24.3 Å². The summed E-state index contributed by atoms with van der Waals surface area (Å²) >= 11 is 0. The third-order valence-electron chi connectivity index (χ3n) is 7.16. The summed E-state index contributed by atoms with van der Waals surface area (Å²) in [6.45, 7) is 7.40. The highest BCUT2D eigenvalue weighted by Crippen LogP contribution is 2.55. The molecule has 1 unspecified atom stereocenters. The maximum absolute atomic E-state index is 13.6. The Morgan fingerprint density at radius 2 is 1.97 bits per heavy atom. The monoisotopic (exact) mass is 526 g/mol. The quantitative estimate of drug-likeness (QED) is 0.538. The van der Waals surface area contributed by atoms with Crippen LogP contribution in [0.25, 0.3) is 0 Å². The zero-order valence-electron chi connectivity index (χ0n) is 21.7. The van der Waals surface area contributed by atoms with Gasteiger partial charge in [0.2, 0.25) is 0 Å². The van der Waals surface area contributed by atoms with E-state index in [2.05, 4.69) is 4.72 Å². The van der Waals surface area contributed by atoms with Crippen molar-refractivity contribution in [3.8, 4) is 5.75 Å². The van der Waals surface area contributed by atoms with Gasteiger partial charge in [-0.25, -0.2) is 13.8 Å². The number of benzene rings is 2. The molecule has 4 atom stereocenters. The lowest BCUT2D eigenvalue weighted by atomic mass is 9.99. The Morgan fingerprint density at radius 3 is 2.73 bits per heavy atom. The SMILES string of the molecule is COC(=O)c1c(NS(=O)c2ccccc2C[C@@H]2CCN(C(=O)OC(C)(C)C)C2)ccc2c1OC[C@@H]1C[C@H]21. The topological polar surface area (TPSA) is 94.2 Å². The van der Waals surface area contributed by atoms with Gasteiger partial charge in [0.15, 0.2) is 11.0 Å². The van der Waals surface area contributed by atoms with Crippen LogP contribution in [0.5, 0.6) is 5.75 Å². The number of hydrogen-bond acceptors (Lipinski definition) is 6. The molecule has 2 aromatic carbocycles. The van der Waals surface area contributed by atoms with E-state index in [1.807, 2.05) is 51.1 Å². The molecule has 0 aromatic heterocycles. The Bertz CT molecular complexity index is 1240. The average molecular weight is 527 g/mol. The molecule has 2 fully saturated rings. The van der Waals surface area contributed by atoms with E-state index in [-0.39, 0.29) is 12.0 Å². The molecule has 0 spiro atoms. The molecule has 0 radical (unpaired) electrons. The number of fused-ring (bicyclic) bond motifs is 3. The van der Waals surface area contributed by atoms with Crippen molar-refractivity contribution in [2.24, 2.45) is 11.8 Å². The standard InChI is InChI=1S/C28H34N2O6S/c1-28(2,3)36-27(32)30-12-11-17(15-30)13-18-7-5-6-8-23(18)37(33)29-22-10-9-20-21-14-19(21)16-35-25(20)24(22)26(31)34-4/h5-10,17,19,21,29H,11-16H2,1-4H3/t17-,19-,21-,37?/m0/s1. The van der Waals surface area contributed by atoms with Crippen molar-refractivity contribution in [3.05, 3.63) is 53.1 Å². The summed E-state index contributed by atoms with van der Waals surface area (Å²) in [4.78, 5) is 27.6. The first-order chi connectivity index (χ1) is 17.6. The minimum absolute atomic E-state index is 0.236. The van der Waals surface area contributed by atoms with Crippen LogP contribution in [0.15, 0.2) is 41.3 Å².